The van der Waals surface area contributed by atoms with Crippen LogP contribution in [-0.4, -0.2) is 11.1 Å². The van der Waals surface area contributed by atoms with Crippen LogP contribution >= 0.6 is 0 Å². The Morgan fingerprint density at radius 1 is 1.21 bits per heavy atom. The zero-order chi connectivity index (χ0) is 13.7. The number of aromatic nitrogens is 1. The minimum atomic E-state index is -2.64. The molecule has 6 heteroatoms. The van der Waals surface area contributed by atoms with Gasteiger partial charge >= 0.3 is 6.09 Å². The van der Waals surface area contributed by atoms with E-state index >= 15 is 0 Å². The van der Waals surface area contributed by atoms with Crippen molar-refractivity contribution in [1.82, 2.24) is 4.98 Å². The Labute approximate surface area is 108 Å². The molecule has 0 atom stereocenters. The molecule has 0 aliphatic heterocycles. The van der Waals surface area contributed by atoms with Gasteiger partial charge in [0.15, 0.2) is 0 Å². The predicted octanol–water partition coefficient (Wildman–Crippen LogP) is 3.63. The second kappa shape index (κ2) is 5.90. The third kappa shape index (κ3) is 3.74. The lowest BCUT2D eigenvalue weighted by atomic mass is 10.3. The summed E-state index contributed by atoms with van der Waals surface area (Å²) in [6.45, 7) is 0. The van der Waals surface area contributed by atoms with E-state index in [9.17, 15) is 13.6 Å². The van der Waals surface area contributed by atoms with E-state index in [0.717, 1.165) is 12.3 Å². The van der Waals surface area contributed by atoms with Crippen molar-refractivity contribution in [3.8, 4) is 5.75 Å². The van der Waals surface area contributed by atoms with Crippen molar-refractivity contribution in [2.24, 2.45) is 0 Å². The topological polar surface area (TPSA) is 51.2 Å². The predicted molar refractivity (Wildman–Crippen MR) is 65.3 cm³/mol. The minimum Gasteiger partial charge on any atom is -0.410 e. The van der Waals surface area contributed by atoms with E-state index in [0.29, 0.717) is 5.75 Å². The fourth-order valence-corrected chi connectivity index (χ4v) is 1.38. The highest BCUT2D eigenvalue weighted by atomic mass is 19.3. The first-order valence-corrected chi connectivity index (χ1v) is 5.42. The molecule has 0 spiro atoms. The molecule has 4 nitrogen and oxygen atoms in total. The number of nitrogens with one attached hydrogen (secondary N) is 1. The van der Waals surface area contributed by atoms with Gasteiger partial charge in [-0.05, 0) is 18.2 Å². The van der Waals surface area contributed by atoms with Gasteiger partial charge in [0.05, 0.1) is 11.9 Å². The zero-order valence-electron chi connectivity index (χ0n) is 9.72. The van der Waals surface area contributed by atoms with E-state index in [1.54, 1.807) is 30.3 Å². The molecule has 1 N–H and O–H groups in total. The van der Waals surface area contributed by atoms with Crippen molar-refractivity contribution in [3.63, 3.8) is 0 Å². The van der Waals surface area contributed by atoms with E-state index in [2.05, 4.69) is 10.3 Å². The maximum Gasteiger partial charge on any atom is 0.417 e. The van der Waals surface area contributed by atoms with E-state index in [4.69, 9.17) is 4.74 Å². The summed E-state index contributed by atoms with van der Waals surface area (Å²) >= 11 is 0. The molecule has 0 fully saturated rings. The van der Waals surface area contributed by atoms with Crippen LogP contribution in [-0.2, 0) is 0 Å². The summed E-state index contributed by atoms with van der Waals surface area (Å²) in [5.41, 5.74) is -0.115. The number of ether oxygens (including phenoxy) is 1. The molecule has 2 aromatic rings. The first-order chi connectivity index (χ1) is 9.15. The van der Waals surface area contributed by atoms with Gasteiger partial charge in [0, 0.05) is 11.8 Å². The summed E-state index contributed by atoms with van der Waals surface area (Å²) in [6.07, 6.45) is -1.10. The quantitative estimate of drug-likeness (QED) is 0.920. The molecule has 0 aliphatic carbocycles. The van der Waals surface area contributed by atoms with Crippen molar-refractivity contribution >= 4 is 11.8 Å². The lowest BCUT2D eigenvalue weighted by Gasteiger charge is -2.07. The lowest BCUT2D eigenvalue weighted by molar-refractivity contribution is 0.151. The standard InChI is InChI=1S/C13H10F2N2O2/c14-12(15)9-6-10(8-16-7-9)17-13(18)19-11-4-2-1-3-5-11/h1-8,12H,(H,17,18). The summed E-state index contributed by atoms with van der Waals surface area (Å²) in [5, 5.41) is 2.33. The second-order valence-corrected chi connectivity index (χ2v) is 3.64. The Bertz CT molecular complexity index is 562. The van der Waals surface area contributed by atoms with Gasteiger partial charge in [-0.3, -0.25) is 10.3 Å². The zero-order valence-corrected chi connectivity index (χ0v) is 9.72. The molecule has 1 amide bonds. The maximum absolute atomic E-state index is 12.4. The number of benzene rings is 1. The van der Waals surface area contributed by atoms with Crippen LogP contribution in [0.4, 0.5) is 19.3 Å². The van der Waals surface area contributed by atoms with Crippen molar-refractivity contribution in [1.29, 1.82) is 0 Å². The number of para-hydroxylation sites is 1. The molecule has 0 saturated heterocycles. The number of pyridine rings is 1. The number of anilines is 1. The third-order valence-corrected chi connectivity index (χ3v) is 2.21. The number of nitrogens with zero attached hydrogens (tertiary/aromatic N) is 1. The van der Waals surface area contributed by atoms with Gasteiger partial charge < -0.3 is 4.74 Å². The van der Waals surface area contributed by atoms with Crippen LogP contribution in [0.2, 0.25) is 0 Å². The van der Waals surface area contributed by atoms with Crippen LogP contribution < -0.4 is 10.1 Å². The van der Waals surface area contributed by atoms with Gasteiger partial charge in [-0.25, -0.2) is 13.6 Å². The SMILES string of the molecule is O=C(Nc1cncc(C(F)F)c1)Oc1ccccc1. The molecule has 1 aromatic heterocycles. The number of hydrogen-bond donors (Lipinski definition) is 1. The maximum atomic E-state index is 12.4. The highest BCUT2D eigenvalue weighted by Crippen LogP contribution is 2.20. The molecule has 2 rings (SSSR count). The van der Waals surface area contributed by atoms with E-state index in [1.165, 1.54) is 6.20 Å². The summed E-state index contributed by atoms with van der Waals surface area (Å²) in [5.74, 6) is 0.359. The molecule has 0 aliphatic rings. The fourth-order valence-electron chi connectivity index (χ4n) is 1.38. The molecular formula is C13H10F2N2O2. The highest BCUT2D eigenvalue weighted by Gasteiger charge is 2.10. The molecule has 1 aromatic carbocycles. The Kier molecular flexibility index (Phi) is 4.02. The minimum absolute atomic E-state index is 0.152. The number of halogens is 2. The van der Waals surface area contributed by atoms with Crippen molar-refractivity contribution < 1.29 is 18.3 Å². The van der Waals surface area contributed by atoms with Crippen molar-refractivity contribution in [2.45, 2.75) is 6.43 Å². The van der Waals surface area contributed by atoms with E-state index in [-0.39, 0.29) is 11.3 Å². The lowest BCUT2D eigenvalue weighted by Crippen LogP contribution is -2.16. The Morgan fingerprint density at radius 2 is 1.95 bits per heavy atom. The monoisotopic (exact) mass is 264 g/mol. The third-order valence-electron chi connectivity index (χ3n) is 2.21. The normalized spacial score (nSPS) is 10.3. The largest absolute Gasteiger partial charge is 0.417 e. The smallest absolute Gasteiger partial charge is 0.410 e. The first-order valence-electron chi connectivity index (χ1n) is 5.42. The molecule has 1 heterocycles. The van der Waals surface area contributed by atoms with Crippen LogP contribution in [0.3, 0.4) is 0 Å². The first kappa shape index (κ1) is 12.9. The van der Waals surface area contributed by atoms with Crippen molar-refractivity contribution in [3.05, 3.63) is 54.4 Å². The van der Waals surface area contributed by atoms with Gasteiger partial charge in [-0.1, -0.05) is 18.2 Å². The molecule has 0 bridgehead atoms. The molecule has 98 valence electrons. The van der Waals surface area contributed by atoms with Gasteiger partial charge in [-0.15, -0.1) is 0 Å². The number of amides is 1. The number of rotatable bonds is 3. The molecule has 0 radical (unpaired) electrons. The summed E-state index contributed by atoms with van der Waals surface area (Å²) in [4.78, 5) is 15.1. The number of carbonyl (C=O) groups is 1. The van der Waals surface area contributed by atoms with Crippen LogP contribution in [0.1, 0.15) is 12.0 Å². The van der Waals surface area contributed by atoms with Gasteiger partial charge in [0.1, 0.15) is 5.75 Å². The summed E-state index contributed by atoms with van der Waals surface area (Å²) < 4.78 is 29.8. The second-order valence-electron chi connectivity index (χ2n) is 3.64. The molecular weight excluding hydrogens is 254 g/mol. The fraction of sp³-hybridized carbons (Fsp3) is 0.0769. The average molecular weight is 264 g/mol. The Balaban J connectivity index is 2.01. The molecule has 0 saturated carbocycles. The number of hydrogen-bond acceptors (Lipinski definition) is 3. The van der Waals surface area contributed by atoms with E-state index in [1.807, 2.05) is 0 Å². The van der Waals surface area contributed by atoms with E-state index < -0.39 is 12.5 Å². The van der Waals surface area contributed by atoms with Crippen molar-refractivity contribution in [2.75, 3.05) is 5.32 Å². The van der Waals surface area contributed by atoms with Gasteiger partial charge in [-0.2, -0.15) is 0 Å². The summed E-state index contributed by atoms with van der Waals surface area (Å²) in [6, 6.07) is 9.55. The van der Waals surface area contributed by atoms with Crippen LogP contribution in [0.25, 0.3) is 0 Å². The number of alkyl halides is 2. The number of carbonyl (C=O) groups excluding carboxylic acids is 1. The highest BCUT2D eigenvalue weighted by molar-refractivity contribution is 5.86. The average Bonchev–Trinajstić information content (AvgIpc) is 2.40. The molecule has 0 unspecified atom stereocenters. The van der Waals surface area contributed by atoms with Crippen LogP contribution in [0, 0.1) is 0 Å². The van der Waals surface area contributed by atoms with Crippen LogP contribution in [0.5, 0.6) is 5.75 Å². The van der Waals surface area contributed by atoms with Crippen LogP contribution in [0.15, 0.2) is 48.8 Å². The van der Waals surface area contributed by atoms with Gasteiger partial charge in [0.25, 0.3) is 6.43 Å². The Hall–Kier alpha value is -2.50. The van der Waals surface area contributed by atoms with Gasteiger partial charge in [0.2, 0.25) is 0 Å². The summed E-state index contributed by atoms with van der Waals surface area (Å²) in [7, 11) is 0. The Morgan fingerprint density at radius 3 is 2.63 bits per heavy atom. The molecule has 19 heavy (non-hydrogen) atoms.